The maximum atomic E-state index is 12.6. The number of hydrogen-bond acceptors (Lipinski definition) is 4. The molecule has 26 heavy (non-hydrogen) atoms. The first-order chi connectivity index (χ1) is 12.2. The summed E-state index contributed by atoms with van der Waals surface area (Å²) in [6.45, 7) is 8.57. The van der Waals surface area contributed by atoms with Crippen molar-refractivity contribution in [2.24, 2.45) is 5.41 Å². The van der Waals surface area contributed by atoms with Gasteiger partial charge in [0.1, 0.15) is 0 Å². The van der Waals surface area contributed by atoms with Crippen molar-refractivity contribution < 1.29 is 19.1 Å². The van der Waals surface area contributed by atoms with Gasteiger partial charge in [0.2, 0.25) is 11.8 Å². The molecule has 2 rings (SSSR count). The first-order valence-electron chi connectivity index (χ1n) is 9.00. The summed E-state index contributed by atoms with van der Waals surface area (Å²) in [4.78, 5) is 28.6. The molecule has 0 spiro atoms. The molecule has 2 amide bonds. The van der Waals surface area contributed by atoms with Crippen molar-refractivity contribution in [1.82, 2.24) is 9.80 Å². The molecule has 144 valence electrons. The quantitative estimate of drug-likeness (QED) is 0.807. The summed E-state index contributed by atoms with van der Waals surface area (Å²) in [7, 11) is 3.17. The molecule has 0 radical (unpaired) electrons. The molecule has 0 atom stereocenters. The van der Waals surface area contributed by atoms with Gasteiger partial charge in [-0.1, -0.05) is 26.8 Å². The fraction of sp³-hybridized carbons (Fsp3) is 0.600. The molecule has 1 fully saturated rings. The van der Waals surface area contributed by atoms with E-state index in [0.717, 1.165) is 5.56 Å². The van der Waals surface area contributed by atoms with Gasteiger partial charge in [-0.3, -0.25) is 9.59 Å². The van der Waals surface area contributed by atoms with Crippen molar-refractivity contribution in [3.63, 3.8) is 0 Å². The predicted octanol–water partition coefficient (Wildman–Crippen LogP) is 2.35. The molecule has 1 aliphatic heterocycles. The number of carbonyl (C=O) groups is 2. The van der Waals surface area contributed by atoms with E-state index in [1.54, 1.807) is 14.2 Å². The Labute approximate surface area is 156 Å². The number of methoxy groups -OCH3 is 2. The van der Waals surface area contributed by atoms with Crippen LogP contribution in [0.15, 0.2) is 18.2 Å². The Morgan fingerprint density at radius 1 is 0.923 bits per heavy atom. The van der Waals surface area contributed by atoms with Crippen LogP contribution >= 0.6 is 0 Å². The van der Waals surface area contributed by atoms with Crippen LogP contribution < -0.4 is 9.47 Å². The number of benzene rings is 1. The van der Waals surface area contributed by atoms with E-state index in [2.05, 4.69) is 20.8 Å². The molecule has 6 nitrogen and oxygen atoms in total. The average molecular weight is 362 g/mol. The van der Waals surface area contributed by atoms with E-state index >= 15 is 0 Å². The average Bonchev–Trinajstić information content (AvgIpc) is 2.60. The van der Waals surface area contributed by atoms with E-state index in [9.17, 15) is 9.59 Å². The van der Waals surface area contributed by atoms with Crippen molar-refractivity contribution in [2.75, 3.05) is 40.4 Å². The van der Waals surface area contributed by atoms with Crippen LogP contribution in [0.25, 0.3) is 0 Å². The number of hydrogen-bond donors (Lipinski definition) is 0. The highest BCUT2D eigenvalue weighted by Gasteiger charge is 2.26. The van der Waals surface area contributed by atoms with E-state index in [-0.39, 0.29) is 17.2 Å². The van der Waals surface area contributed by atoms with Crippen molar-refractivity contribution in [3.8, 4) is 11.5 Å². The Bertz CT molecular complexity index is 644. The van der Waals surface area contributed by atoms with Gasteiger partial charge in [0.05, 0.1) is 20.6 Å². The number of nitrogens with zero attached hydrogens (tertiary/aromatic N) is 2. The van der Waals surface area contributed by atoms with Gasteiger partial charge in [-0.25, -0.2) is 0 Å². The molecule has 1 heterocycles. The Balaban J connectivity index is 1.89. The fourth-order valence-electron chi connectivity index (χ4n) is 3.05. The van der Waals surface area contributed by atoms with Crippen molar-refractivity contribution in [2.45, 2.75) is 33.6 Å². The zero-order chi connectivity index (χ0) is 19.3. The van der Waals surface area contributed by atoms with Crippen LogP contribution in [0.4, 0.5) is 0 Å². The van der Waals surface area contributed by atoms with Crippen LogP contribution in [0.5, 0.6) is 11.5 Å². The third-order valence-electron chi connectivity index (χ3n) is 4.47. The fourth-order valence-corrected chi connectivity index (χ4v) is 3.05. The van der Waals surface area contributed by atoms with Gasteiger partial charge in [0.15, 0.2) is 11.5 Å². The molecule has 1 aromatic carbocycles. The van der Waals surface area contributed by atoms with Crippen LogP contribution in [0.1, 0.15) is 32.8 Å². The van der Waals surface area contributed by atoms with Crippen molar-refractivity contribution >= 4 is 11.8 Å². The molecule has 0 N–H and O–H groups in total. The molecular weight excluding hydrogens is 332 g/mol. The Hall–Kier alpha value is -2.24. The zero-order valence-electron chi connectivity index (χ0n) is 16.5. The van der Waals surface area contributed by atoms with Gasteiger partial charge in [-0.05, 0) is 23.1 Å². The summed E-state index contributed by atoms with van der Waals surface area (Å²) in [6.07, 6.45) is 0.850. The molecule has 0 saturated carbocycles. The van der Waals surface area contributed by atoms with Gasteiger partial charge < -0.3 is 19.3 Å². The third-order valence-corrected chi connectivity index (χ3v) is 4.47. The first kappa shape index (κ1) is 20.1. The monoisotopic (exact) mass is 362 g/mol. The Morgan fingerprint density at radius 3 is 1.96 bits per heavy atom. The smallest absolute Gasteiger partial charge is 0.227 e. The van der Waals surface area contributed by atoms with Crippen LogP contribution in [0.2, 0.25) is 0 Å². The maximum absolute atomic E-state index is 12.6. The highest BCUT2D eigenvalue weighted by Crippen LogP contribution is 2.28. The highest BCUT2D eigenvalue weighted by molar-refractivity contribution is 5.80. The number of carbonyl (C=O) groups excluding carboxylic acids is 2. The lowest BCUT2D eigenvalue weighted by Gasteiger charge is -2.36. The van der Waals surface area contributed by atoms with Crippen molar-refractivity contribution in [3.05, 3.63) is 23.8 Å². The second kappa shape index (κ2) is 8.43. The van der Waals surface area contributed by atoms with Gasteiger partial charge in [0.25, 0.3) is 0 Å². The lowest BCUT2D eigenvalue weighted by atomic mass is 9.91. The molecule has 6 heteroatoms. The van der Waals surface area contributed by atoms with Crippen LogP contribution in [-0.2, 0) is 16.0 Å². The predicted molar refractivity (Wildman–Crippen MR) is 100 cm³/mol. The summed E-state index contributed by atoms with van der Waals surface area (Å²) in [5, 5.41) is 0. The molecule has 1 aliphatic rings. The third kappa shape index (κ3) is 5.38. The van der Waals surface area contributed by atoms with E-state index < -0.39 is 0 Å². The second-order valence-electron chi connectivity index (χ2n) is 7.87. The summed E-state index contributed by atoms with van der Waals surface area (Å²) >= 11 is 0. The molecule has 0 aliphatic carbocycles. The minimum absolute atomic E-state index is 0.0164. The van der Waals surface area contributed by atoms with Crippen LogP contribution in [0.3, 0.4) is 0 Å². The highest BCUT2D eigenvalue weighted by atomic mass is 16.5. The number of piperazine rings is 1. The molecule has 1 aromatic rings. The topological polar surface area (TPSA) is 59.1 Å². The van der Waals surface area contributed by atoms with Gasteiger partial charge in [0, 0.05) is 32.6 Å². The first-order valence-corrected chi connectivity index (χ1v) is 9.00. The Kier molecular flexibility index (Phi) is 6.51. The van der Waals surface area contributed by atoms with E-state index in [4.69, 9.17) is 9.47 Å². The number of ether oxygens (including phenoxy) is 2. The molecule has 0 unspecified atom stereocenters. The lowest BCUT2D eigenvalue weighted by Crippen LogP contribution is -2.51. The minimum Gasteiger partial charge on any atom is -0.493 e. The zero-order valence-corrected chi connectivity index (χ0v) is 16.5. The largest absolute Gasteiger partial charge is 0.493 e. The Morgan fingerprint density at radius 2 is 1.46 bits per heavy atom. The molecule has 0 aromatic heterocycles. The van der Waals surface area contributed by atoms with E-state index in [1.807, 2.05) is 28.0 Å². The summed E-state index contributed by atoms with van der Waals surface area (Å²) in [5.41, 5.74) is 0.871. The van der Waals surface area contributed by atoms with E-state index in [1.165, 1.54) is 0 Å². The standard InChI is InChI=1S/C20H30N2O4/c1-20(2,3)14-19(24)22-10-8-21(9-11-22)18(23)13-15-6-7-16(25-4)17(12-15)26-5/h6-7,12H,8-11,13-14H2,1-5H3. The van der Waals surface area contributed by atoms with Crippen LogP contribution in [-0.4, -0.2) is 62.0 Å². The van der Waals surface area contributed by atoms with Crippen LogP contribution in [0, 0.1) is 5.41 Å². The number of amides is 2. The van der Waals surface area contributed by atoms with Gasteiger partial charge in [-0.15, -0.1) is 0 Å². The number of rotatable bonds is 5. The van der Waals surface area contributed by atoms with Crippen molar-refractivity contribution in [1.29, 1.82) is 0 Å². The van der Waals surface area contributed by atoms with E-state index in [0.29, 0.717) is 50.5 Å². The SMILES string of the molecule is COc1ccc(CC(=O)N2CCN(C(=O)CC(C)(C)C)CC2)cc1OC. The summed E-state index contributed by atoms with van der Waals surface area (Å²) in [6, 6.07) is 5.52. The summed E-state index contributed by atoms with van der Waals surface area (Å²) in [5.74, 6) is 1.51. The second-order valence-corrected chi connectivity index (χ2v) is 7.87. The lowest BCUT2D eigenvalue weighted by molar-refractivity contribution is -0.140. The summed E-state index contributed by atoms with van der Waals surface area (Å²) < 4.78 is 10.5. The minimum atomic E-state index is -0.0164. The molecular formula is C20H30N2O4. The van der Waals surface area contributed by atoms with Gasteiger partial charge >= 0.3 is 0 Å². The molecule has 0 bridgehead atoms. The normalized spacial score (nSPS) is 15.0. The molecule has 1 saturated heterocycles. The van der Waals surface area contributed by atoms with Gasteiger partial charge in [-0.2, -0.15) is 0 Å². The maximum Gasteiger partial charge on any atom is 0.227 e.